The second-order valence-corrected chi connectivity index (χ2v) is 4.30. The first-order chi connectivity index (χ1) is 8.59. The van der Waals surface area contributed by atoms with Gasteiger partial charge in [-0.3, -0.25) is 9.69 Å². The number of hydrogen-bond acceptors (Lipinski definition) is 3. The van der Waals surface area contributed by atoms with Gasteiger partial charge in [0.2, 0.25) is 5.91 Å². The van der Waals surface area contributed by atoms with Crippen LogP contribution in [0.3, 0.4) is 0 Å². The molecule has 1 fully saturated rings. The fourth-order valence-corrected chi connectivity index (χ4v) is 2.03. The van der Waals surface area contributed by atoms with Gasteiger partial charge in [-0.2, -0.15) is 0 Å². The van der Waals surface area contributed by atoms with E-state index in [9.17, 15) is 9.59 Å². The summed E-state index contributed by atoms with van der Waals surface area (Å²) in [6.45, 7) is 3.67. The third kappa shape index (κ3) is 2.45. The van der Waals surface area contributed by atoms with Crippen molar-refractivity contribution in [1.29, 1.82) is 0 Å². The van der Waals surface area contributed by atoms with Crippen molar-refractivity contribution in [3.05, 3.63) is 30.3 Å². The number of anilines is 1. The molecule has 96 valence electrons. The lowest BCUT2D eigenvalue weighted by atomic mass is 10.1. The highest BCUT2D eigenvalue weighted by Crippen LogP contribution is 2.26. The molecule has 0 spiro atoms. The third-order valence-corrected chi connectivity index (χ3v) is 2.95. The number of nitrogens with one attached hydrogen (secondary N) is 1. The van der Waals surface area contributed by atoms with Crippen molar-refractivity contribution in [2.45, 2.75) is 26.0 Å². The van der Waals surface area contributed by atoms with Crippen LogP contribution in [0.1, 0.15) is 13.8 Å². The molecular weight excluding hydrogens is 232 g/mol. The van der Waals surface area contributed by atoms with Crippen LogP contribution in [-0.2, 0) is 9.53 Å². The van der Waals surface area contributed by atoms with Crippen LogP contribution < -0.4 is 10.2 Å². The Morgan fingerprint density at radius 3 is 2.67 bits per heavy atom. The van der Waals surface area contributed by atoms with Crippen molar-refractivity contribution < 1.29 is 14.3 Å². The van der Waals surface area contributed by atoms with Gasteiger partial charge in [-0.05, 0) is 19.1 Å². The minimum atomic E-state index is -0.371. The standard InChI is InChI=1S/C13H16N2O3/c1-9-12(8-14-10(2)16)15(13(17)18-9)11-6-4-3-5-7-11/h3-7,9,12H,8H2,1-2H3,(H,14,16)/t9?,12-/m0/s1. The number of amides is 2. The molecule has 0 aromatic heterocycles. The molecule has 1 unspecified atom stereocenters. The summed E-state index contributed by atoms with van der Waals surface area (Å²) in [4.78, 5) is 24.4. The largest absolute Gasteiger partial charge is 0.444 e. The summed E-state index contributed by atoms with van der Waals surface area (Å²) >= 11 is 0. The van der Waals surface area contributed by atoms with E-state index in [0.717, 1.165) is 5.69 Å². The molecule has 1 N–H and O–H groups in total. The van der Waals surface area contributed by atoms with Gasteiger partial charge in [-0.25, -0.2) is 4.79 Å². The van der Waals surface area contributed by atoms with E-state index in [1.807, 2.05) is 37.3 Å². The summed E-state index contributed by atoms with van der Waals surface area (Å²) in [5.74, 6) is -0.116. The fraction of sp³-hybridized carbons (Fsp3) is 0.385. The fourth-order valence-electron chi connectivity index (χ4n) is 2.03. The van der Waals surface area contributed by atoms with Crippen LogP contribution in [0.4, 0.5) is 10.5 Å². The predicted molar refractivity (Wildman–Crippen MR) is 67.3 cm³/mol. The number of ether oxygens (including phenoxy) is 1. The molecule has 0 bridgehead atoms. The van der Waals surface area contributed by atoms with E-state index >= 15 is 0 Å². The van der Waals surface area contributed by atoms with E-state index < -0.39 is 0 Å². The zero-order chi connectivity index (χ0) is 13.1. The molecule has 18 heavy (non-hydrogen) atoms. The molecule has 5 nitrogen and oxygen atoms in total. The first kappa shape index (κ1) is 12.4. The number of cyclic esters (lactones) is 1. The number of para-hydroxylation sites is 1. The Bertz CT molecular complexity index is 447. The molecule has 2 amide bonds. The Morgan fingerprint density at radius 1 is 1.39 bits per heavy atom. The van der Waals surface area contributed by atoms with Gasteiger partial charge in [0.05, 0.1) is 6.04 Å². The maximum Gasteiger partial charge on any atom is 0.415 e. The van der Waals surface area contributed by atoms with Gasteiger partial charge < -0.3 is 10.1 Å². The highest BCUT2D eigenvalue weighted by molar-refractivity contribution is 5.90. The summed E-state index contributed by atoms with van der Waals surface area (Å²) in [6.07, 6.45) is -0.617. The SMILES string of the molecule is CC(=O)NC[C@H]1C(C)OC(=O)N1c1ccccc1. The first-order valence-electron chi connectivity index (χ1n) is 5.89. The zero-order valence-electron chi connectivity index (χ0n) is 10.4. The second-order valence-electron chi connectivity index (χ2n) is 4.30. The Kier molecular flexibility index (Phi) is 3.50. The monoisotopic (exact) mass is 248 g/mol. The molecule has 0 saturated carbocycles. The molecule has 0 aliphatic carbocycles. The summed E-state index contributed by atoms with van der Waals surface area (Å²) in [5, 5.41) is 2.73. The van der Waals surface area contributed by atoms with E-state index in [-0.39, 0.29) is 24.1 Å². The predicted octanol–water partition coefficient (Wildman–Crippen LogP) is 1.54. The summed E-state index contributed by atoms with van der Waals surface area (Å²) < 4.78 is 5.21. The van der Waals surface area contributed by atoms with Gasteiger partial charge in [0.25, 0.3) is 0 Å². The maximum absolute atomic E-state index is 11.8. The lowest BCUT2D eigenvalue weighted by Crippen LogP contribution is -2.44. The molecule has 1 aliphatic rings. The van der Waals surface area contributed by atoms with Crippen molar-refractivity contribution in [2.24, 2.45) is 0 Å². The average molecular weight is 248 g/mol. The lowest BCUT2D eigenvalue weighted by Gasteiger charge is -2.23. The molecule has 1 aromatic rings. The van der Waals surface area contributed by atoms with Gasteiger partial charge >= 0.3 is 6.09 Å². The van der Waals surface area contributed by atoms with Crippen molar-refractivity contribution in [2.75, 3.05) is 11.4 Å². The lowest BCUT2D eigenvalue weighted by molar-refractivity contribution is -0.119. The van der Waals surface area contributed by atoms with Gasteiger partial charge in [-0.1, -0.05) is 18.2 Å². The molecule has 1 aliphatic heterocycles. The Balaban J connectivity index is 2.19. The zero-order valence-corrected chi connectivity index (χ0v) is 10.4. The molecule has 1 aromatic carbocycles. The van der Waals surface area contributed by atoms with Gasteiger partial charge in [-0.15, -0.1) is 0 Å². The normalized spacial score (nSPS) is 22.8. The van der Waals surface area contributed by atoms with Gasteiger partial charge in [0.1, 0.15) is 6.10 Å². The van der Waals surface area contributed by atoms with Crippen molar-refractivity contribution in [3.8, 4) is 0 Å². The molecule has 0 radical (unpaired) electrons. The molecule has 1 heterocycles. The summed E-state index contributed by atoms with van der Waals surface area (Å²) in [6, 6.07) is 9.13. The minimum Gasteiger partial charge on any atom is -0.444 e. The maximum atomic E-state index is 11.8. The van der Waals surface area contributed by atoms with Gasteiger partial charge in [0, 0.05) is 19.2 Å². The van der Waals surface area contributed by atoms with Crippen LogP contribution in [0.5, 0.6) is 0 Å². The Morgan fingerprint density at radius 2 is 2.06 bits per heavy atom. The molecular formula is C13H16N2O3. The van der Waals surface area contributed by atoms with Crippen LogP contribution in [0.25, 0.3) is 0 Å². The van der Waals surface area contributed by atoms with Gasteiger partial charge in [0.15, 0.2) is 0 Å². The molecule has 2 rings (SSSR count). The number of carbonyl (C=O) groups excluding carboxylic acids is 2. The topological polar surface area (TPSA) is 58.6 Å². The quantitative estimate of drug-likeness (QED) is 0.882. The molecule has 5 heteroatoms. The molecule has 1 saturated heterocycles. The number of benzene rings is 1. The summed E-state index contributed by atoms with van der Waals surface area (Å²) in [5.41, 5.74) is 0.780. The third-order valence-electron chi connectivity index (χ3n) is 2.95. The highest BCUT2D eigenvalue weighted by Gasteiger charge is 2.39. The van der Waals surface area contributed by atoms with Crippen molar-refractivity contribution >= 4 is 17.7 Å². The molecule has 2 atom stereocenters. The van der Waals surface area contributed by atoms with Crippen LogP contribution >= 0.6 is 0 Å². The Hall–Kier alpha value is -2.04. The van der Waals surface area contributed by atoms with Crippen LogP contribution in [0, 0.1) is 0 Å². The second kappa shape index (κ2) is 5.08. The Labute approximate surface area is 106 Å². The van der Waals surface area contributed by atoms with E-state index in [2.05, 4.69) is 5.32 Å². The van der Waals surface area contributed by atoms with E-state index in [4.69, 9.17) is 4.74 Å². The van der Waals surface area contributed by atoms with E-state index in [1.165, 1.54) is 6.92 Å². The number of hydrogen-bond donors (Lipinski definition) is 1. The minimum absolute atomic E-state index is 0.116. The average Bonchev–Trinajstić information content (AvgIpc) is 2.62. The van der Waals surface area contributed by atoms with Crippen molar-refractivity contribution in [3.63, 3.8) is 0 Å². The van der Waals surface area contributed by atoms with Crippen LogP contribution in [-0.4, -0.2) is 30.7 Å². The van der Waals surface area contributed by atoms with Crippen molar-refractivity contribution in [1.82, 2.24) is 5.32 Å². The van der Waals surface area contributed by atoms with Crippen LogP contribution in [0.15, 0.2) is 30.3 Å². The number of carbonyl (C=O) groups is 2. The van der Waals surface area contributed by atoms with E-state index in [0.29, 0.717) is 6.54 Å². The van der Waals surface area contributed by atoms with E-state index in [1.54, 1.807) is 4.90 Å². The smallest absolute Gasteiger partial charge is 0.415 e. The van der Waals surface area contributed by atoms with Crippen LogP contribution in [0.2, 0.25) is 0 Å². The number of nitrogens with zero attached hydrogens (tertiary/aromatic N) is 1. The first-order valence-corrected chi connectivity index (χ1v) is 5.89. The highest BCUT2D eigenvalue weighted by atomic mass is 16.6. The number of rotatable bonds is 3. The summed E-state index contributed by atoms with van der Waals surface area (Å²) in [7, 11) is 0.